The number of furan rings is 1. The molecule has 0 fully saturated rings. The van der Waals surface area contributed by atoms with Crippen molar-refractivity contribution in [2.45, 2.75) is 13.5 Å². The molecule has 0 unspecified atom stereocenters. The molecular weight excluding hydrogens is 409 g/mol. The van der Waals surface area contributed by atoms with Crippen LogP contribution in [0.1, 0.15) is 33.3 Å². The van der Waals surface area contributed by atoms with Gasteiger partial charge in [0.25, 0.3) is 0 Å². The van der Waals surface area contributed by atoms with Crippen LogP contribution in [-0.4, -0.2) is 24.0 Å². The monoisotopic (exact) mass is 427 g/mol. The summed E-state index contributed by atoms with van der Waals surface area (Å²) >= 11 is 0. The first-order chi connectivity index (χ1) is 16.0. The van der Waals surface area contributed by atoms with E-state index in [2.05, 4.69) is 28.8 Å². The number of aromatic nitrogens is 1. The molecule has 5 heteroatoms. The lowest BCUT2D eigenvalue weighted by atomic mass is 9.92. The van der Waals surface area contributed by atoms with Gasteiger partial charge in [-0.3, -0.25) is 9.59 Å². The van der Waals surface area contributed by atoms with E-state index in [0.717, 1.165) is 33.3 Å². The molecule has 2 heterocycles. The third kappa shape index (κ3) is 2.93. The Balaban J connectivity index is 1.46. The highest BCUT2D eigenvalue weighted by molar-refractivity contribution is 6.43. The molecule has 0 amide bonds. The van der Waals surface area contributed by atoms with Gasteiger partial charge < -0.3 is 8.98 Å². The van der Waals surface area contributed by atoms with Gasteiger partial charge in [-0.05, 0) is 23.8 Å². The Morgan fingerprint density at radius 2 is 1.67 bits per heavy atom. The van der Waals surface area contributed by atoms with Crippen molar-refractivity contribution in [1.29, 1.82) is 0 Å². The van der Waals surface area contributed by atoms with Gasteiger partial charge in [0, 0.05) is 41.1 Å². The van der Waals surface area contributed by atoms with E-state index in [1.807, 2.05) is 37.3 Å². The number of rotatable bonds is 3. The molecule has 156 valence electrons. The predicted molar refractivity (Wildman–Crippen MR) is 131 cm³/mol. The molecular formula is C28H18BNO3. The maximum atomic E-state index is 12.9. The SMILES string of the molecule is [B]c1ccc2c(c1)C(=O)/C(=C\c1cc3oc(-c4cccc5ccccc45)cc3n1CC)C2=O. The summed E-state index contributed by atoms with van der Waals surface area (Å²) in [6.45, 7) is 2.69. The number of allylic oxidation sites excluding steroid dienone is 1. The van der Waals surface area contributed by atoms with Crippen LogP contribution in [0.15, 0.2) is 82.8 Å². The van der Waals surface area contributed by atoms with Crippen molar-refractivity contribution in [2.24, 2.45) is 0 Å². The van der Waals surface area contributed by atoms with Gasteiger partial charge in [-0.2, -0.15) is 0 Å². The third-order valence-electron chi connectivity index (χ3n) is 6.31. The number of aryl methyl sites for hydroxylation is 1. The molecule has 5 aromatic rings. The maximum Gasteiger partial charge on any atom is 0.197 e. The Labute approximate surface area is 191 Å². The lowest BCUT2D eigenvalue weighted by Crippen LogP contribution is -2.05. The fourth-order valence-corrected chi connectivity index (χ4v) is 4.73. The molecule has 6 rings (SSSR count). The van der Waals surface area contributed by atoms with E-state index in [0.29, 0.717) is 28.7 Å². The summed E-state index contributed by atoms with van der Waals surface area (Å²) in [6.07, 6.45) is 1.66. The van der Waals surface area contributed by atoms with Gasteiger partial charge in [-0.15, -0.1) is 0 Å². The summed E-state index contributed by atoms with van der Waals surface area (Å²) in [7, 11) is 5.82. The second kappa shape index (κ2) is 7.21. The van der Waals surface area contributed by atoms with Gasteiger partial charge in [0.1, 0.15) is 13.6 Å². The number of carbonyl (C=O) groups excluding carboxylic acids is 2. The second-order valence-corrected chi connectivity index (χ2v) is 8.22. The molecule has 0 atom stereocenters. The first kappa shape index (κ1) is 19.6. The minimum absolute atomic E-state index is 0.153. The van der Waals surface area contributed by atoms with Gasteiger partial charge in [0.05, 0.1) is 11.1 Å². The van der Waals surface area contributed by atoms with Crippen LogP contribution in [0.3, 0.4) is 0 Å². The van der Waals surface area contributed by atoms with Crippen molar-refractivity contribution in [2.75, 3.05) is 0 Å². The van der Waals surface area contributed by atoms with Gasteiger partial charge >= 0.3 is 0 Å². The summed E-state index contributed by atoms with van der Waals surface area (Å²) in [6, 6.07) is 23.1. The van der Waals surface area contributed by atoms with E-state index in [1.54, 1.807) is 24.3 Å². The van der Waals surface area contributed by atoms with E-state index >= 15 is 0 Å². The summed E-state index contributed by atoms with van der Waals surface area (Å²) in [5, 5.41) is 2.28. The summed E-state index contributed by atoms with van der Waals surface area (Å²) < 4.78 is 8.30. The van der Waals surface area contributed by atoms with Crippen LogP contribution in [0.2, 0.25) is 0 Å². The van der Waals surface area contributed by atoms with Crippen LogP contribution >= 0.6 is 0 Å². The summed E-state index contributed by atoms with van der Waals surface area (Å²) in [5.41, 5.74) is 4.80. The van der Waals surface area contributed by atoms with Crippen molar-refractivity contribution in [3.63, 3.8) is 0 Å². The Bertz CT molecular complexity index is 1650. The van der Waals surface area contributed by atoms with E-state index in [1.165, 1.54) is 0 Å². The maximum absolute atomic E-state index is 12.9. The van der Waals surface area contributed by atoms with Crippen LogP contribution in [0.25, 0.3) is 39.3 Å². The zero-order valence-corrected chi connectivity index (χ0v) is 18.0. The van der Waals surface area contributed by atoms with Gasteiger partial charge in [0.15, 0.2) is 17.1 Å². The first-order valence-electron chi connectivity index (χ1n) is 10.9. The Kier molecular flexibility index (Phi) is 4.27. The van der Waals surface area contributed by atoms with Crippen molar-refractivity contribution >= 4 is 52.8 Å². The molecule has 2 radical (unpaired) electrons. The number of hydrogen-bond donors (Lipinski definition) is 0. The lowest BCUT2D eigenvalue weighted by Gasteiger charge is -2.05. The number of benzene rings is 3. The van der Waals surface area contributed by atoms with Crippen LogP contribution in [0.4, 0.5) is 0 Å². The largest absolute Gasteiger partial charge is 0.454 e. The number of nitrogens with zero attached hydrogens (tertiary/aromatic N) is 1. The number of fused-ring (bicyclic) bond motifs is 3. The lowest BCUT2D eigenvalue weighted by molar-refractivity contribution is 0.0990. The van der Waals surface area contributed by atoms with Crippen LogP contribution in [0.5, 0.6) is 0 Å². The van der Waals surface area contributed by atoms with Crippen molar-refractivity contribution in [3.8, 4) is 11.3 Å². The molecule has 0 aliphatic heterocycles. The average Bonchev–Trinajstić information content (AvgIpc) is 3.44. The molecule has 1 aliphatic rings. The van der Waals surface area contributed by atoms with Crippen LogP contribution in [-0.2, 0) is 6.54 Å². The normalized spacial score (nSPS) is 14.6. The number of ketones is 2. The van der Waals surface area contributed by atoms with Crippen LogP contribution < -0.4 is 5.46 Å². The van der Waals surface area contributed by atoms with Gasteiger partial charge in [-0.1, -0.05) is 66.1 Å². The molecule has 3 aromatic carbocycles. The Morgan fingerprint density at radius 3 is 2.52 bits per heavy atom. The first-order valence-corrected chi connectivity index (χ1v) is 10.9. The quantitative estimate of drug-likeness (QED) is 0.222. The van der Waals surface area contributed by atoms with Crippen molar-refractivity contribution < 1.29 is 14.0 Å². The van der Waals surface area contributed by atoms with Gasteiger partial charge in [-0.25, -0.2) is 0 Å². The van der Waals surface area contributed by atoms with E-state index < -0.39 is 0 Å². The molecule has 4 nitrogen and oxygen atoms in total. The van der Waals surface area contributed by atoms with Crippen molar-refractivity contribution in [3.05, 3.63) is 95.2 Å². The topological polar surface area (TPSA) is 52.2 Å². The standard InChI is InChI=1S/C28H18BNO3/c1-2-30-18(13-23-27(31)21-11-10-17(29)12-22(21)28(23)32)14-26-24(30)15-25(33-26)20-9-5-7-16-6-3-4-8-19(16)20/h3-15H,2H2,1H3/b23-13-. The fraction of sp³-hybridized carbons (Fsp3) is 0.0714. The highest BCUT2D eigenvalue weighted by Crippen LogP contribution is 2.35. The van der Waals surface area contributed by atoms with Gasteiger partial charge in [0.2, 0.25) is 0 Å². The number of hydrogen-bond acceptors (Lipinski definition) is 3. The summed E-state index contributed by atoms with van der Waals surface area (Å²) in [5.74, 6) is 0.222. The zero-order valence-electron chi connectivity index (χ0n) is 18.0. The van der Waals surface area contributed by atoms with Crippen molar-refractivity contribution in [1.82, 2.24) is 4.57 Å². The number of Topliss-reactive ketones (excluding diaryl/α,β-unsaturated/α-hetero) is 2. The molecule has 0 saturated carbocycles. The Hall–Kier alpha value is -4.12. The fourth-order valence-electron chi connectivity index (χ4n) is 4.73. The molecule has 33 heavy (non-hydrogen) atoms. The smallest absolute Gasteiger partial charge is 0.197 e. The van der Waals surface area contributed by atoms with E-state index in [9.17, 15) is 9.59 Å². The molecule has 1 aliphatic carbocycles. The second-order valence-electron chi connectivity index (χ2n) is 8.22. The predicted octanol–water partition coefficient (Wildman–Crippen LogP) is 5.33. The highest BCUT2D eigenvalue weighted by Gasteiger charge is 2.33. The van der Waals surface area contributed by atoms with E-state index in [4.69, 9.17) is 12.3 Å². The summed E-state index contributed by atoms with van der Waals surface area (Å²) in [4.78, 5) is 25.8. The Morgan fingerprint density at radius 1 is 0.879 bits per heavy atom. The molecule has 0 bridgehead atoms. The zero-order chi connectivity index (χ0) is 22.7. The number of carbonyl (C=O) groups is 2. The minimum Gasteiger partial charge on any atom is -0.454 e. The minimum atomic E-state index is -0.292. The van der Waals surface area contributed by atoms with E-state index in [-0.39, 0.29) is 17.1 Å². The highest BCUT2D eigenvalue weighted by atomic mass is 16.3. The molecule has 2 aromatic heterocycles. The molecule has 0 saturated heterocycles. The van der Waals surface area contributed by atoms with Crippen LogP contribution in [0, 0.1) is 0 Å². The molecule has 0 N–H and O–H groups in total. The average molecular weight is 427 g/mol. The molecule has 0 spiro atoms. The third-order valence-corrected chi connectivity index (χ3v) is 6.31.